The highest BCUT2D eigenvalue weighted by Crippen LogP contribution is 2.13. The maximum Gasteiger partial charge on any atom is 0.329 e. The van der Waals surface area contributed by atoms with Crippen LogP contribution in [0.3, 0.4) is 0 Å². The molecule has 154 valence electrons. The molecule has 0 saturated carbocycles. The van der Waals surface area contributed by atoms with Crippen LogP contribution in [0, 0.1) is 5.92 Å². The molecule has 1 atom stereocenters. The number of rotatable bonds is 9. The lowest BCUT2D eigenvalue weighted by molar-refractivity contribution is -0.145. The number of carbonyl (C=O) groups is 3. The minimum Gasteiger partial charge on any atom is -0.494 e. The van der Waals surface area contributed by atoms with Gasteiger partial charge in [-0.25, -0.2) is 9.59 Å². The summed E-state index contributed by atoms with van der Waals surface area (Å²) >= 11 is 0. The summed E-state index contributed by atoms with van der Waals surface area (Å²) in [5.74, 6) is -0.556. The second kappa shape index (κ2) is 10.8. The molecule has 2 aromatic carbocycles. The van der Waals surface area contributed by atoms with Crippen molar-refractivity contribution in [3.05, 3.63) is 60.2 Å². The van der Waals surface area contributed by atoms with Crippen molar-refractivity contribution in [3.8, 4) is 5.75 Å². The van der Waals surface area contributed by atoms with Crippen LogP contribution in [0.1, 0.15) is 31.1 Å². The van der Waals surface area contributed by atoms with Crippen LogP contribution in [0.25, 0.3) is 0 Å². The summed E-state index contributed by atoms with van der Waals surface area (Å²) in [5.41, 5.74) is 1.02. The summed E-state index contributed by atoms with van der Waals surface area (Å²) in [7, 11) is 0. The summed E-state index contributed by atoms with van der Waals surface area (Å²) in [6.07, 6.45) is 0. The molecule has 7 nitrogen and oxygen atoms in total. The Hall–Kier alpha value is -3.35. The number of para-hydroxylation sites is 1. The fourth-order valence-electron chi connectivity index (χ4n) is 2.54. The molecule has 29 heavy (non-hydrogen) atoms. The topological polar surface area (TPSA) is 93.7 Å². The van der Waals surface area contributed by atoms with Gasteiger partial charge in [-0.2, -0.15) is 0 Å². The number of Topliss-reactive ketones (excluding diaryl/α,β-unsaturated/α-hetero) is 1. The van der Waals surface area contributed by atoms with E-state index >= 15 is 0 Å². The lowest BCUT2D eigenvalue weighted by atomic mass is 10.0. The second-order valence-corrected chi connectivity index (χ2v) is 6.67. The molecule has 0 radical (unpaired) electrons. The number of nitrogens with one attached hydrogen (secondary N) is 2. The van der Waals surface area contributed by atoms with E-state index < -0.39 is 24.6 Å². The lowest BCUT2D eigenvalue weighted by Crippen LogP contribution is -2.47. The first-order chi connectivity index (χ1) is 13.9. The number of carbonyl (C=O) groups excluding carboxylic acids is 3. The highest BCUT2D eigenvalue weighted by atomic mass is 16.5. The van der Waals surface area contributed by atoms with Gasteiger partial charge >= 0.3 is 12.0 Å². The normalized spacial score (nSPS) is 11.4. The fraction of sp³-hybridized carbons (Fsp3) is 0.318. The van der Waals surface area contributed by atoms with Gasteiger partial charge in [-0.1, -0.05) is 32.0 Å². The predicted molar refractivity (Wildman–Crippen MR) is 110 cm³/mol. The van der Waals surface area contributed by atoms with Crippen LogP contribution in [-0.2, 0) is 9.53 Å². The van der Waals surface area contributed by atoms with Crippen LogP contribution in [0.5, 0.6) is 5.75 Å². The third-order valence-electron chi connectivity index (χ3n) is 4.07. The van der Waals surface area contributed by atoms with Crippen LogP contribution in [-0.4, -0.2) is 37.0 Å². The average Bonchev–Trinajstić information content (AvgIpc) is 2.71. The van der Waals surface area contributed by atoms with Crippen molar-refractivity contribution >= 4 is 23.5 Å². The van der Waals surface area contributed by atoms with Crippen molar-refractivity contribution in [2.24, 2.45) is 5.92 Å². The zero-order chi connectivity index (χ0) is 21.2. The molecule has 2 rings (SSSR count). The lowest BCUT2D eigenvalue weighted by Gasteiger charge is -2.21. The SMILES string of the molecule is CCOc1ccc(C(=O)COC(=O)[C@H](NC(=O)Nc2ccccc2)C(C)C)cc1. The van der Waals surface area contributed by atoms with Crippen molar-refractivity contribution in [2.75, 3.05) is 18.5 Å². The number of anilines is 1. The minimum absolute atomic E-state index is 0.218. The molecule has 2 N–H and O–H groups in total. The summed E-state index contributed by atoms with van der Waals surface area (Å²) < 4.78 is 10.5. The summed E-state index contributed by atoms with van der Waals surface area (Å²) in [4.78, 5) is 36.8. The van der Waals surface area contributed by atoms with E-state index in [4.69, 9.17) is 9.47 Å². The second-order valence-electron chi connectivity index (χ2n) is 6.67. The van der Waals surface area contributed by atoms with Gasteiger partial charge in [-0.05, 0) is 49.2 Å². The highest BCUT2D eigenvalue weighted by Gasteiger charge is 2.26. The first kappa shape index (κ1) is 21.9. The molecule has 2 aromatic rings. The Morgan fingerprint density at radius 2 is 1.62 bits per heavy atom. The third kappa shape index (κ3) is 6.95. The first-order valence-corrected chi connectivity index (χ1v) is 9.46. The van der Waals surface area contributed by atoms with Crippen LogP contribution in [0.15, 0.2) is 54.6 Å². The zero-order valence-corrected chi connectivity index (χ0v) is 16.8. The number of urea groups is 1. The van der Waals surface area contributed by atoms with Gasteiger partial charge in [0.2, 0.25) is 0 Å². The molecule has 0 unspecified atom stereocenters. The van der Waals surface area contributed by atoms with E-state index in [9.17, 15) is 14.4 Å². The van der Waals surface area contributed by atoms with Gasteiger partial charge in [0.05, 0.1) is 6.61 Å². The molecule has 0 aliphatic heterocycles. The Labute approximate surface area is 170 Å². The molecular weight excluding hydrogens is 372 g/mol. The van der Waals surface area contributed by atoms with E-state index in [1.165, 1.54) is 0 Å². The number of hydrogen-bond acceptors (Lipinski definition) is 5. The number of ether oxygens (including phenoxy) is 2. The van der Waals surface area contributed by atoms with Gasteiger partial charge in [-0.15, -0.1) is 0 Å². The van der Waals surface area contributed by atoms with Crippen molar-refractivity contribution in [3.63, 3.8) is 0 Å². The molecule has 0 fully saturated rings. The predicted octanol–water partition coefficient (Wildman–Crippen LogP) is 3.66. The molecule has 2 amide bonds. The van der Waals surface area contributed by atoms with Crippen molar-refractivity contribution in [1.29, 1.82) is 0 Å². The molecule has 0 heterocycles. The minimum atomic E-state index is -0.883. The molecule has 0 bridgehead atoms. The third-order valence-corrected chi connectivity index (χ3v) is 4.07. The van der Waals surface area contributed by atoms with E-state index in [2.05, 4.69) is 10.6 Å². The number of ketones is 1. The molecule has 0 saturated heterocycles. The Morgan fingerprint density at radius 3 is 2.21 bits per heavy atom. The van der Waals surface area contributed by atoms with Crippen LogP contribution < -0.4 is 15.4 Å². The van der Waals surface area contributed by atoms with Gasteiger partial charge in [-0.3, -0.25) is 4.79 Å². The molecule has 0 spiro atoms. The van der Waals surface area contributed by atoms with Gasteiger partial charge in [0, 0.05) is 11.3 Å². The molecule has 0 aromatic heterocycles. The monoisotopic (exact) mass is 398 g/mol. The smallest absolute Gasteiger partial charge is 0.329 e. The summed E-state index contributed by atoms with van der Waals surface area (Å²) in [6.45, 7) is 5.56. The van der Waals surface area contributed by atoms with Crippen LogP contribution >= 0.6 is 0 Å². The molecule has 7 heteroatoms. The van der Waals surface area contributed by atoms with Crippen LogP contribution in [0.4, 0.5) is 10.5 Å². The Morgan fingerprint density at radius 1 is 0.966 bits per heavy atom. The average molecular weight is 398 g/mol. The van der Waals surface area contributed by atoms with Gasteiger partial charge in [0.15, 0.2) is 12.4 Å². The van der Waals surface area contributed by atoms with Crippen molar-refractivity contribution in [1.82, 2.24) is 5.32 Å². The van der Waals surface area contributed by atoms with Gasteiger partial charge in [0.25, 0.3) is 0 Å². The Balaban J connectivity index is 1.89. The largest absolute Gasteiger partial charge is 0.494 e. The van der Waals surface area contributed by atoms with Crippen molar-refractivity contribution < 1.29 is 23.9 Å². The van der Waals surface area contributed by atoms with Crippen LogP contribution in [0.2, 0.25) is 0 Å². The molecule has 0 aliphatic carbocycles. The van der Waals surface area contributed by atoms with E-state index in [1.54, 1.807) is 62.4 Å². The van der Waals surface area contributed by atoms with E-state index in [0.717, 1.165) is 0 Å². The standard InChI is InChI=1S/C22H26N2O5/c1-4-28-18-12-10-16(11-13-18)19(25)14-29-21(26)20(15(2)3)24-22(27)23-17-8-6-5-7-9-17/h5-13,15,20H,4,14H2,1-3H3,(H2,23,24,27)/t20-/m1/s1. The summed E-state index contributed by atoms with van der Waals surface area (Å²) in [6, 6.07) is 14.1. The quantitative estimate of drug-likeness (QED) is 0.497. The van der Waals surface area contributed by atoms with Gasteiger partial charge < -0.3 is 20.1 Å². The zero-order valence-electron chi connectivity index (χ0n) is 16.8. The van der Waals surface area contributed by atoms with E-state index in [0.29, 0.717) is 23.6 Å². The number of esters is 1. The van der Waals surface area contributed by atoms with E-state index in [-0.39, 0.29) is 11.7 Å². The molecule has 0 aliphatic rings. The van der Waals surface area contributed by atoms with Gasteiger partial charge in [0.1, 0.15) is 11.8 Å². The summed E-state index contributed by atoms with van der Waals surface area (Å²) in [5, 5.41) is 5.25. The first-order valence-electron chi connectivity index (χ1n) is 9.46. The highest BCUT2D eigenvalue weighted by molar-refractivity contribution is 5.98. The molecular formula is C22H26N2O5. The Bertz CT molecular complexity index is 819. The van der Waals surface area contributed by atoms with Crippen molar-refractivity contribution in [2.45, 2.75) is 26.8 Å². The number of hydrogen-bond donors (Lipinski definition) is 2. The van der Waals surface area contributed by atoms with E-state index in [1.807, 2.05) is 13.0 Å². The number of amides is 2. The maximum absolute atomic E-state index is 12.4. The number of benzene rings is 2. The fourth-order valence-corrected chi connectivity index (χ4v) is 2.54. The maximum atomic E-state index is 12.4. The Kier molecular flexibility index (Phi) is 8.21.